The van der Waals surface area contributed by atoms with Gasteiger partial charge in [-0.05, 0) is 55.5 Å². The van der Waals surface area contributed by atoms with Crippen molar-refractivity contribution in [3.8, 4) is 0 Å². The van der Waals surface area contributed by atoms with Crippen LogP contribution >= 0.6 is 0 Å². The summed E-state index contributed by atoms with van der Waals surface area (Å²) in [6.45, 7) is 0. The lowest BCUT2D eigenvalue weighted by molar-refractivity contribution is -0.124. The Hall–Kier alpha value is -2.62. The molecular formula is C25H30N2O2. The molecule has 1 N–H and O–H groups in total. The highest BCUT2D eigenvalue weighted by Gasteiger charge is 2.45. The van der Waals surface area contributed by atoms with Crippen LogP contribution in [0.2, 0.25) is 0 Å². The zero-order chi connectivity index (χ0) is 20.3. The molecule has 2 aromatic rings. The smallest absolute Gasteiger partial charge is 0.253 e. The van der Waals surface area contributed by atoms with Crippen LogP contribution in [0.1, 0.15) is 67.3 Å². The standard InChI is InChI=1S/C25H30N2O2/c1-27(22-11-6-3-7-12-22)23(28)19-13-15-21(16-14-19)26-24(29)25(17-8-18-25)20-9-4-2-5-10-20/h2,4-5,9-10,13-16,22H,3,6-8,11-12,17-18H2,1H3,(H,26,29). The van der Waals surface area contributed by atoms with E-state index in [4.69, 9.17) is 0 Å². The van der Waals surface area contributed by atoms with E-state index >= 15 is 0 Å². The molecule has 2 saturated carbocycles. The van der Waals surface area contributed by atoms with Gasteiger partial charge in [-0.15, -0.1) is 0 Å². The van der Waals surface area contributed by atoms with Crippen molar-refractivity contribution in [2.45, 2.75) is 62.8 Å². The highest BCUT2D eigenvalue weighted by Crippen LogP contribution is 2.44. The highest BCUT2D eigenvalue weighted by molar-refractivity contribution is 6.00. The third-order valence-electron chi connectivity index (χ3n) is 6.80. The number of amides is 2. The predicted molar refractivity (Wildman–Crippen MR) is 116 cm³/mol. The van der Waals surface area contributed by atoms with E-state index in [1.165, 1.54) is 19.3 Å². The van der Waals surface area contributed by atoms with Crippen LogP contribution in [0.25, 0.3) is 0 Å². The van der Waals surface area contributed by atoms with E-state index < -0.39 is 5.41 Å². The first kappa shape index (κ1) is 19.7. The molecule has 2 amide bonds. The maximum Gasteiger partial charge on any atom is 0.253 e. The highest BCUT2D eigenvalue weighted by atomic mass is 16.2. The molecule has 0 heterocycles. The maximum absolute atomic E-state index is 13.1. The second-order valence-electron chi connectivity index (χ2n) is 8.54. The minimum absolute atomic E-state index is 0.0494. The first-order chi connectivity index (χ1) is 14.1. The number of nitrogens with one attached hydrogen (secondary N) is 1. The van der Waals surface area contributed by atoms with Gasteiger partial charge in [0.05, 0.1) is 5.41 Å². The quantitative estimate of drug-likeness (QED) is 0.767. The Morgan fingerprint density at radius 2 is 1.55 bits per heavy atom. The summed E-state index contributed by atoms with van der Waals surface area (Å²) >= 11 is 0. The van der Waals surface area contributed by atoms with E-state index in [2.05, 4.69) is 5.32 Å². The van der Waals surface area contributed by atoms with Gasteiger partial charge < -0.3 is 10.2 Å². The molecule has 0 aromatic heterocycles. The Balaban J connectivity index is 1.43. The molecule has 0 atom stereocenters. The normalized spacial score (nSPS) is 18.5. The molecule has 2 aromatic carbocycles. The van der Waals surface area contributed by atoms with E-state index in [1.54, 1.807) is 0 Å². The minimum Gasteiger partial charge on any atom is -0.339 e. The third kappa shape index (κ3) is 3.93. The molecule has 0 spiro atoms. The average molecular weight is 391 g/mol. The van der Waals surface area contributed by atoms with Crippen molar-refractivity contribution in [1.29, 1.82) is 0 Å². The van der Waals surface area contributed by atoms with Crippen LogP contribution in [0.3, 0.4) is 0 Å². The topological polar surface area (TPSA) is 49.4 Å². The monoisotopic (exact) mass is 390 g/mol. The lowest BCUT2D eigenvalue weighted by atomic mass is 9.64. The molecule has 29 heavy (non-hydrogen) atoms. The molecular weight excluding hydrogens is 360 g/mol. The van der Waals surface area contributed by atoms with Gasteiger partial charge in [-0.3, -0.25) is 9.59 Å². The van der Waals surface area contributed by atoms with Gasteiger partial charge in [0.1, 0.15) is 0 Å². The number of carbonyl (C=O) groups is 2. The van der Waals surface area contributed by atoms with Gasteiger partial charge in [-0.2, -0.15) is 0 Å². The van der Waals surface area contributed by atoms with Crippen molar-refractivity contribution in [1.82, 2.24) is 4.90 Å². The van der Waals surface area contributed by atoms with Crippen LogP contribution in [-0.2, 0) is 10.2 Å². The molecule has 0 saturated heterocycles. The predicted octanol–water partition coefficient (Wildman–Crippen LogP) is 5.15. The van der Waals surface area contributed by atoms with E-state index in [9.17, 15) is 9.59 Å². The Morgan fingerprint density at radius 1 is 0.897 bits per heavy atom. The molecule has 0 aliphatic heterocycles. The Kier molecular flexibility index (Phi) is 5.70. The molecule has 4 nitrogen and oxygen atoms in total. The van der Waals surface area contributed by atoms with Crippen molar-refractivity contribution in [3.63, 3.8) is 0 Å². The summed E-state index contributed by atoms with van der Waals surface area (Å²) in [5.74, 6) is 0.114. The third-order valence-corrected chi connectivity index (χ3v) is 6.80. The van der Waals surface area contributed by atoms with Crippen LogP contribution in [0.15, 0.2) is 54.6 Å². The summed E-state index contributed by atoms with van der Waals surface area (Å²) in [7, 11) is 1.91. The maximum atomic E-state index is 13.1. The van der Waals surface area contributed by atoms with Crippen LogP contribution in [-0.4, -0.2) is 29.8 Å². The first-order valence-electron chi connectivity index (χ1n) is 10.8. The van der Waals surface area contributed by atoms with E-state index in [0.29, 0.717) is 11.6 Å². The molecule has 2 aliphatic carbocycles. The largest absolute Gasteiger partial charge is 0.339 e. The van der Waals surface area contributed by atoms with Crippen molar-refractivity contribution in [3.05, 3.63) is 65.7 Å². The summed E-state index contributed by atoms with van der Waals surface area (Å²) in [5.41, 5.74) is 2.09. The SMILES string of the molecule is CN(C(=O)c1ccc(NC(=O)C2(c3ccccc3)CCC2)cc1)C1CCCCC1. The van der Waals surface area contributed by atoms with Crippen LogP contribution < -0.4 is 5.32 Å². The summed E-state index contributed by atoms with van der Waals surface area (Å²) in [5, 5.41) is 3.08. The fourth-order valence-corrected chi connectivity index (χ4v) is 4.72. The molecule has 2 fully saturated rings. The van der Waals surface area contributed by atoms with E-state index in [-0.39, 0.29) is 11.8 Å². The van der Waals surface area contributed by atoms with Gasteiger partial charge in [0.15, 0.2) is 0 Å². The Labute approximate surface area is 173 Å². The van der Waals surface area contributed by atoms with Crippen LogP contribution in [0.4, 0.5) is 5.69 Å². The van der Waals surface area contributed by atoms with Crippen molar-refractivity contribution >= 4 is 17.5 Å². The van der Waals surface area contributed by atoms with Crippen LogP contribution in [0, 0.1) is 0 Å². The summed E-state index contributed by atoms with van der Waals surface area (Å²) < 4.78 is 0. The molecule has 0 radical (unpaired) electrons. The van der Waals surface area contributed by atoms with E-state index in [1.807, 2.05) is 66.5 Å². The van der Waals surface area contributed by atoms with Gasteiger partial charge in [-0.1, -0.05) is 56.0 Å². The second-order valence-corrected chi connectivity index (χ2v) is 8.54. The number of anilines is 1. The Morgan fingerprint density at radius 3 is 2.14 bits per heavy atom. The van der Waals surface area contributed by atoms with Gasteiger partial charge in [0.2, 0.25) is 5.91 Å². The fraction of sp³-hybridized carbons (Fsp3) is 0.440. The minimum atomic E-state index is -0.420. The molecule has 4 rings (SSSR count). The van der Waals surface area contributed by atoms with Gasteiger partial charge >= 0.3 is 0 Å². The zero-order valence-electron chi connectivity index (χ0n) is 17.2. The van der Waals surface area contributed by atoms with Gasteiger partial charge in [-0.25, -0.2) is 0 Å². The van der Waals surface area contributed by atoms with Crippen molar-refractivity contribution < 1.29 is 9.59 Å². The molecule has 4 heteroatoms. The average Bonchev–Trinajstić information content (AvgIpc) is 2.74. The van der Waals surface area contributed by atoms with Crippen molar-refractivity contribution in [2.75, 3.05) is 12.4 Å². The summed E-state index contributed by atoms with van der Waals surface area (Å²) in [4.78, 5) is 27.8. The summed E-state index contributed by atoms with van der Waals surface area (Å²) in [6, 6.07) is 17.7. The second kappa shape index (κ2) is 8.40. The molecule has 0 unspecified atom stereocenters. The number of hydrogen-bond acceptors (Lipinski definition) is 2. The van der Waals surface area contributed by atoms with Crippen LogP contribution in [0.5, 0.6) is 0 Å². The number of benzene rings is 2. The van der Waals surface area contributed by atoms with Crippen molar-refractivity contribution in [2.24, 2.45) is 0 Å². The number of rotatable bonds is 5. The number of nitrogens with zero attached hydrogens (tertiary/aromatic N) is 1. The zero-order valence-corrected chi connectivity index (χ0v) is 17.2. The lowest BCUT2D eigenvalue weighted by Crippen LogP contribution is -2.46. The fourth-order valence-electron chi connectivity index (χ4n) is 4.72. The van der Waals surface area contributed by atoms with E-state index in [0.717, 1.165) is 43.4 Å². The summed E-state index contributed by atoms with van der Waals surface area (Å²) in [6.07, 6.45) is 8.71. The Bertz CT molecular complexity index is 850. The molecule has 152 valence electrons. The first-order valence-corrected chi connectivity index (χ1v) is 10.8. The lowest BCUT2D eigenvalue weighted by Gasteiger charge is -2.40. The molecule has 2 aliphatic rings. The van der Waals surface area contributed by atoms with Gasteiger partial charge in [0, 0.05) is 24.3 Å². The number of carbonyl (C=O) groups excluding carboxylic acids is 2. The molecule has 0 bridgehead atoms. The van der Waals surface area contributed by atoms with Gasteiger partial charge in [0.25, 0.3) is 5.91 Å². The number of hydrogen-bond donors (Lipinski definition) is 1.